The summed E-state index contributed by atoms with van der Waals surface area (Å²) in [6.45, 7) is 7.54. The first-order chi connectivity index (χ1) is 5.31. The molecule has 0 spiro atoms. The maximum atomic E-state index is 5.47. The predicted molar refractivity (Wildman–Crippen MR) is 52.3 cm³/mol. The van der Waals surface area contributed by atoms with Gasteiger partial charge in [0.25, 0.3) is 0 Å². The van der Waals surface area contributed by atoms with Gasteiger partial charge in [0.05, 0.1) is 0 Å². The molecule has 0 amide bonds. The highest BCUT2D eigenvalue weighted by atomic mass is 28.2. The van der Waals surface area contributed by atoms with Crippen LogP contribution in [0, 0.1) is 0 Å². The SMILES string of the molecule is CCCCO[SiH2]NC(C)CC. The topological polar surface area (TPSA) is 21.3 Å². The second-order valence-electron chi connectivity index (χ2n) is 2.92. The van der Waals surface area contributed by atoms with Crippen molar-refractivity contribution in [2.45, 2.75) is 46.1 Å². The van der Waals surface area contributed by atoms with Crippen molar-refractivity contribution in [3.05, 3.63) is 0 Å². The first kappa shape index (κ1) is 11.1. The Morgan fingerprint density at radius 2 is 2.18 bits per heavy atom. The molecule has 0 bridgehead atoms. The van der Waals surface area contributed by atoms with E-state index in [-0.39, 0.29) is 0 Å². The van der Waals surface area contributed by atoms with Gasteiger partial charge in [-0.25, -0.2) is 0 Å². The molecule has 0 aromatic carbocycles. The second kappa shape index (κ2) is 8.24. The highest BCUT2D eigenvalue weighted by Crippen LogP contribution is 1.88. The summed E-state index contributed by atoms with van der Waals surface area (Å²) in [7, 11) is -0.417. The summed E-state index contributed by atoms with van der Waals surface area (Å²) in [4.78, 5) is 3.41. The van der Waals surface area contributed by atoms with E-state index in [0.717, 1.165) is 6.61 Å². The Balaban J connectivity index is 2.89. The van der Waals surface area contributed by atoms with Gasteiger partial charge >= 0.3 is 0 Å². The lowest BCUT2D eigenvalue weighted by atomic mass is 10.3. The van der Waals surface area contributed by atoms with Crippen LogP contribution >= 0.6 is 0 Å². The van der Waals surface area contributed by atoms with Crippen molar-refractivity contribution in [2.75, 3.05) is 6.61 Å². The molecule has 1 N–H and O–H groups in total. The fourth-order valence-corrected chi connectivity index (χ4v) is 1.70. The Labute approximate surface area is 72.7 Å². The van der Waals surface area contributed by atoms with Crippen LogP contribution in [0.3, 0.4) is 0 Å². The van der Waals surface area contributed by atoms with E-state index in [1.807, 2.05) is 0 Å². The Bertz CT molecular complexity index is 80.5. The summed E-state index contributed by atoms with van der Waals surface area (Å²) in [5.74, 6) is 0. The summed E-state index contributed by atoms with van der Waals surface area (Å²) >= 11 is 0. The third kappa shape index (κ3) is 8.04. The largest absolute Gasteiger partial charge is 0.409 e. The molecule has 0 aliphatic heterocycles. The number of nitrogens with one attached hydrogen (secondary N) is 1. The van der Waals surface area contributed by atoms with Gasteiger partial charge in [0.1, 0.15) is 0 Å². The van der Waals surface area contributed by atoms with Crippen molar-refractivity contribution in [3.63, 3.8) is 0 Å². The maximum Gasteiger partial charge on any atom is 0.236 e. The molecule has 11 heavy (non-hydrogen) atoms. The van der Waals surface area contributed by atoms with Crippen LogP contribution in [0.1, 0.15) is 40.0 Å². The molecule has 0 aliphatic rings. The monoisotopic (exact) mass is 175 g/mol. The van der Waals surface area contributed by atoms with E-state index in [1.54, 1.807) is 0 Å². The lowest BCUT2D eigenvalue weighted by molar-refractivity contribution is 0.316. The molecule has 0 aromatic rings. The Kier molecular flexibility index (Phi) is 8.34. The van der Waals surface area contributed by atoms with Crippen LogP contribution < -0.4 is 4.98 Å². The average molecular weight is 175 g/mol. The molecule has 0 saturated heterocycles. The first-order valence-corrected chi connectivity index (χ1v) is 5.90. The van der Waals surface area contributed by atoms with Crippen molar-refractivity contribution < 1.29 is 4.43 Å². The molecule has 1 atom stereocenters. The molecule has 0 aliphatic carbocycles. The number of unbranched alkanes of at least 4 members (excludes halogenated alkanes) is 1. The van der Waals surface area contributed by atoms with Gasteiger partial charge in [-0.15, -0.1) is 0 Å². The van der Waals surface area contributed by atoms with E-state index in [1.165, 1.54) is 19.3 Å². The minimum Gasteiger partial charge on any atom is -0.409 e. The van der Waals surface area contributed by atoms with Gasteiger partial charge in [0.15, 0.2) is 0 Å². The summed E-state index contributed by atoms with van der Waals surface area (Å²) in [6.07, 6.45) is 3.64. The van der Waals surface area contributed by atoms with Crippen LogP contribution in [0.15, 0.2) is 0 Å². The summed E-state index contributed by atoms with van der Waals surface area (Å²) in [5.41, 5.74) is 0. The van der Waals surface area contributed by atoms with Gasteiger partial charge in [-0.2, -0.15) is 0 Å². The Morgan fingerprint density at radius 3 is 2.73 bits per heavy atom. The molecule has 3 heteroatoms. The quantitative estimate of drug-likeness (QED) is 0.463. The van der Waals surface area contributed by atoms with Crippen LogP contribution in [0.2, 0.25) is 0 Å². The second-order valence-corrected chi connectivity index (χ2v) is 4.02. The lowest BCUT2D eigenvalue weighted by Crippen LogP contribution is -2.31. The Hall–Kier alpha value is 0.137. The molecular formula is C8H21NOSi. The van der Waals surface area contributed by atoms with E-state index in [0.29, 0.717) is 6.04 Å². The van der Waals surface area contributed by atoms with Crippen molar-refractivity contribution in [3.8, 4) is 0 Å². The fraction of sp³-hybridized carbons (Fsp3) is 1.00. The van der Waals surface area contributed by atoms with Crippen molar-refractivity contribution in [1.82, 2.24) is 4.98 Å². The summed E-state index contributed by atoms with van der Waals surface area (Å²) in [6, 6.07) is 0.642. The van der Waals surface area contributed by atoms with Crippen LogP contribution in [-0.2, 0) is 4.43 Å². The van der Waals surface area contributed by atoms with Gasteiger partial charge in [0.2, 0.25) is 9.92 Å². The van der Waals surface area contributed by atoms with Gasteiger partial charge < -0.3 is 9.41 Å². The Morgan fingerprint density at radius 1 is 1.45 bits per heavy atom. The highest BCUT2D eigenvalue weighted by Gasteiger charge is 1.95. The van der Waals surface area contributed by atoms with Gasteiger partial charge in [-0.3, -0.25) is 0 Å². The predicted octanol–water partition coefficient (Wildman–Crippen LogP) is 1.19. The molecule has 0 saturated carbocycles. The lowest BCUT2D eigenvalue weighted by Gasteiger charge is -2.10. The van der Waals surface area contributed by atoms with Crippen molar-refractivity contribution >= 4 is 9.92 Å². The standard InChI is InChI=1S/C8H21NOSi/c1-4-6-7-10-11-9-8(3)5-2/h8-9H,4-7,11H2,1-3H3. The van der Waals surface area contributed by atoms with Gasteiger partial charge in [0, 0.05) is 6.61 Å². The minimum absolute atomic E-state index is 0.417. The van der Waals surface area contributed by atoms with E-state index in [4.69, 9.17) is 4.43 Å². The maximum absolute atomic E-state index is 5.47. The molecule has 1 unspecified atom stereocenters. The third-order valence-corrected chi connectivity index (χ3v) is 3.14. The molecular weight excluding hydrogens is 154 g/mol. The van der Waals surface area contributed by atoms with Crippen LogP contribution in [0.5, 0.6) is 0 Å². The molecule has 0 radical (unpaired) electrons. The zero-order valence-corrected chi connectivity index (χ0v) is 9.44. The van der Waals surface area contributed by atoms with E-state index in [2.05, 4.69) is 25.8 Å². The average Bonchev–Trinajstić information content (AvgIpc) is 2.04. The molecule has 68 valence electrons. The molecule has 0 fully saturated rings. The third-order valence-electron chi connectivity index (χ3n) is 1.79. The zero-order chi connectivity index (χ0) is 8.53. The minimum atomic E-state index is -0.417. The first-order valence-electron chi connectivity index (χ1n) is 4.62. The summed E-state index contributed by atoms with van der Waals surface area (Å²) < 4.78 is 5.47. The molecule has 0 aromatic heterocycles. The van der Waals surface area contributed by atoms with E-state index in [9.17, 15) is 0 Å². The highest BCUT2D eigenvalue weighted by molar-refractivity contribution is 6.23. The molecule has 2 nitrogen and oxygen atoms in total. The number of hydrogen-bond donors (Lipinski definition) is 1. The zero-order valence-electron chi connectivity index (χ0n) is 8.02. The van der Waals surface area contributed by atoms with E-state index < -0.39 is 9.92 Å². The van der Waals surface area contributed by atoms with Gasteiger partial charge in [-0.05, 0) is 18.9 Å². The normalized spacial score (nSPS) is 14.5. The molecule has 0 heterocycles. The fourth-order valence-electron chi connectivity index (χ4n) is 0.664. The number of rotatable bonds is 7. The summed E-state index contributed by atoms with van der Waals surface area (Å²) in [5, 5.41) is 0. The number of hydrogen-bond acceptors (Lipinski definition) is 2. The van der Waals surface area contributed by atoms with Crippen LogP contribution in [-0.4, -0.2) is 22.6 Å². The van der Waals surface area contributed by atoms with Crippen LogP contribution in [0.4, 0.5) is 0 Å². The van der Waals surface area contributed by atoms with Crippen molar-refractivity contribution in [1.29, 1.82) is 0 Å². The van der Waals surface area contributed by atoms with Gasteiger partial charge in [-0.1, -0.05) is 27.2 Å². The van der Waals surface area contributed by atoms with E-state index >= 15 is 0 Å². The smallest absolute Gasteiger partial charge is 0.236 e. The van der Waals surface area contributed by atoms with Crippen molar-refractivity contribution in [2.24, 2.45) is 0 Å². The van der Waals surface area contributed by atoms with Crippen LogP contribution in [0.25, 0.3) is 0 Å². The molecule has 0 rings (SSSR count).